The van der Waals surface area contributed by atoms with Crippen LogP contribution in [0.4, 0.5) is 0 Å². The van der Waals surface area contributed by atoms with Crippen LogP contribution in [0.3, 0.4) is 0 Å². The van der Waals surface area contributed by atoms with Crippen LogP contribution in [0.5, 0.6) is 0 Å². The SMILES string of the molecule is CCC(NC(C)C(=O)NC)c1nccs1. The summed E-state index contributed by atoms with van der Waals surface area (Å²) in [6.45, 7) is 3.94. The molecular weight excluding hydrogens is 210 g/mol. The van der Waals surface area contributed by atoms with E-state index in [9.17, 15) is 4.79 Å². The quantitative estimate of drug-likeness (QED) is 0.797. The van der Waals surface area contributed by atoms with E-state index in [1.807, 2.05) is 12.3 Å². The summed E-state index contributed by atoms with van der Waals surface area (Å²) in [6, 6.07) is -0.0267. The minimum Gasteiger partial charge on any atom is -0.358 e. The second kappa shape index (κ2) is 5.82. The van der Waals surface area contributed by atoms with E-state index in [0.29, 0.717) is 0 Å². The van der Waals surface area contributed by atoms with Crippen LogP contribution in [0, 0.1) is 0 Å². The average molecular weight is 227 g/mol. The Morgan fingerprint density at radius 1 is 1.67 bits per heavy atom. The number of rotatable bonds is 5. The van der Waals surface area contributed by atoms with Crippen molar-refractivity contribution in [1.29, 1.82) is 0 Å². The summed E-state index contributed by atoms with van der Waals surface area (Å²) in [5, 5.41) is 8.86. The molecule has 0 saturated carbocycles. The Labute approximate surface area is 94.1 Å². The molecule has 1 heterocycles. The summed E-state index contributed by atoms with van der Waals surface area (Å²) in [6.07, 6.45) is 2.71. The Bertz CT molecular complexity index is 300. The molecule has 0 aliphatic rings. The third-order valence-electron chi connectivity index (χ3n) is 2.25. The molecule has 0 radical (unpaired) electrons. The number of hydrogen-bond acceptors (Lipinski definition) is 4. The monoisotopic (exact) mass is 227 g/mol. The van der Waals surface area contributed by atoms with Crippen LogP contribution >= 0.6 is 11.3 Å². The molecular formula is C10H17N3OS. The molecule has 1 aromatic rings. The lowest BCUT2D eigenvalue weighted by atomic mass is 10.2. The lowest BCUT2D eigenvalue weighted by molar-refractivity contribution is -0.122. The van der Waals surface area contributed by atoms with Gasteiger partial charge in [-0.1, -0.05) is 6.92 Å². The first kappa shape index (κ1) is 12.1. The van der Waals surface area contributed by atoms with Crippen molar-refractivity contribution >= 4 is 17.2 Å². The lowest BCUT2D eigenvalue weighted by Crippen LogP contribution is -2.42. The van der Waals surface area contributed by atoms with E-state index in [1.54, 1.807) is 24.6 Å². The topological polar surface area (TPSA) is 54.0 Å². The Morgan fingerprint density at radius 3 is 2.87 bits per heavy atom. The number of likely N-dealkylation sites (N-methyl/N-ethyl adjacent to an activating group) is 1. The van der Waals surface area contributed by atoms with Gasteiger partial charge in [0.05, 0.1) is 12.1 Å². The number of carbonyl (C=O) groups is 1. The second-order valence-electron chi connectivity index (χ2n) is 3.33. The molecule has 2 unspecified atom stereocenters. The average Bonchev–Trinajstić information content (AvgIpc) is 2.77. The highest BCUT2D eigenvalue weighted by atomic mass is 32.1. The number of carbonyl (C=O) groups excluding carboxylic acids is 1. The molecule has 0 fully saturated rings. The van der Waals surface area contributed by atoms with Crippen LogP contribution in [0.2, 0.25) is 0 Å². The summed E-state index contributed by atoms with van der Waals surface area (Å²) in [5.74, 6) is 0.00464. The van der Waals surface area contributed by atoms with Gasteiger partial charge in [0.1, 0.15) is 5.01 Å². The Morgan fingerprint density at radius 2 is 2.40 bits per heavy atom. The predicted molar refractivity (Wildman–Crippen MR) is 61.8 cm³/mol. The highest BCUT2D eigenvalue weighted by molar-refractivity contribution is 7.09. The fourth-order valence-electron chi connectivity index (χ4n) is 1.36. The molecule has 0 saturated heterocycles. The molecule has 5 heteroatoms. The van der Waals surface area contributed by atoms with Gasteiger partial charge in [-0.25, -0.2) is 4.98 Å². The molecule has 2 atom stereocenters. The molecule has 4 nitrogen and oxygen atoms in total. The molecule has 0 spiro atoms. The molecule has 84 valence electrons. The maximum atomic E-state index is 11.3. The van der Waals surface area contributed by atoms with Crippen molar-refractivity contribution in [2.24, 2.45) is 0 Å². The molecule has 0 aliphatic carbocycles. The zero-order valence-corrected chi connectivity index (χ0v) is 10.1. The van der Waals surface area contributed by atoms with E-state index in [-0.39, 0.29) is 18.0 Å². The van der Waals surface area contributed by atoms with Crippen LogP contribution in [-0.4, -0.2) is 24.0 Å². The van der Waals surface area contributed by atoms with Crippen molar-refractivity contribution in [1.82, 2.24) is 15.6 Å². The number of thiazole rings is 1. The fourth-order valence-corrected chi connectivity index (χ4v) is 2.15. The van der Waals surface area contributed by atoms with Gasteiger partial charge < -0.3 is 5.32 Å². The molecule has 1 rings (SSSR count). The Kier molecular flexibility index (Phi) is 4.71. The van der Waals surface area contributed by atoms with Gasteiger partial charge in [-0.3, -0.25) is 10.1 Å². The first-order valence-corrected chi connectivity index (χ1v) is 5.94. The molecule has 1 amide bonds. The van der Waals surface area contributed by atoms with Gasteiger partial charge in [-0.2, -0.15) is 0 Å². The molecule has 1 aromatic heterocycles. The van der Waals surface area contributed by atoms with Gasteiger partial charge in [0.15, 0.2) is 0 Å². The summed E-state index contributed by atoms with van der Waals surface area (Å²) in [7, 11) is 1.64. The first-order valence-electron chi connectivity index (χ1n) is 5.06. The van der Waals surface area contributed by atoms with Crippen molar-refractivity contribution in [2.75, 3.05) is 7.05 Å². The van der Waals surface area contributed by atoms with Crippen molar-refractivity contribution in [3.8, 4) is 0 Å². The van der Waals surface area contributed by atoms with E-state index in [2.05, 4.69) is 22.5 Å². The summed E-state index contributed by atoms with van der Waals surface area (Å²) >= 11 is 1.61. The van der Waals surface area contributed by atoms with Crippen molar-refractivity contribution < 1.29 is 4.79 Å². The smallest absolute Gasteiger partial charge is 0.236 e. The van der Waals surface area contributed by atoms with Crippen LogP contribution in [0.15, 0.2) is 11.6 Å². The fraction of sp³-hybridized carbons (Fsp3) is 0.600. The van der Waals surface area contributed by atoms with Crippen LogP contribution in [0.1, 0.15) is 31.3 Å². The van der Waals surface area contributed by atoms with E-state index in [4.69, 9.17) is 0 Å². The molecule has 0 aliphatic heterocycles. The zero-order valence-electron chi connectivity index (χ0n) is 9.28. The van der Waals surface area contributed by atoms with Gasteiger partial charge in [-0.15, -0.1) is 11.3 Å². The highest BCUT2D eigenvalue weighted by Crippen LogP contribution is 2.19. The predicted octanol–water partition coefficient (Wildman–Crippen LogP) is 1.32. The van der Waals surface area contributed by atoms with Gasteiger partial charge in [-0.05, 0) is 13.3 Å². The number of amides is 1. The third-order valence-corrected chi connectivity index (χ3v) is 3.14. The summed E-state index contributed by atoms with van der Waals surface area (Å²) in [4.78, 5) is 15.6. The number of aromatic nitrogens is 1. The van der Waals surface area contributed by atoms with Crippen LogP contribution in [0.25, 0.3) is 0 Å². The largest absolute Gasteiger partial charge is 0.358 e. The van der Waals surface area contributed by atoms with E-state index < -0.39 is 0 Å². The molecule has 0 bridgehead atoms. The molecule has 2 N–H and O–H groups in total. The number of nitrogens with zero attached hydrogens (tertiary/aromatic N) is 1. The highest BCUT2D eigenvalue weighted by Gasteiger charge is 2.18. The van der Waals surface area contributed by atoms with Gasteiger partial charge >= 0.3 is 0 Å². The first-order chi connectivity index (χ1) is 7.19. The second-order valence-corrected chi connectivity index (χ2v) is 4.26. The van der Waals surface area contributed by atoms with Gasteiger partial charge in [0, 0.05) is 18.6 Å². The Hall–Kier alpha value is -0.940. The van der Waals surface area contributed by atoms with Gasteiger partial charge in [0.25, 0.3) is 0 Å². The molecule has 0 aromatic carbocycles. The van der Waals surface area contributed by atoms with E-state index >= 15 is 0 Å². The normalized spacial score (nSPS) is 14.6. The summed E-state index contributed by atoms with van der Waals surface area (Å²) < 4.78 is 0. The molecule has 15 heavy (non-hydrogen) atoms. The van der Waals surface area contributed by atoms with Gasteiger partial charge in [0.2, 0.25) is 5.91 Å². The minimum absolute atomic E-state index is 0.00464. The van der Waals surface area contributed by atoms with Crippen molar-refractivity contribution in [3.05, 3.63) is 16.6 Å². The van der Waals surface area contributed by atoms with Crippen molar-refractivity contribution in [2.45, 2.75) is 32.4 Å². The standard InChI is InChI=1S/C10H17N3OS/c1-4-8(10-12-5-6-15-10)13-7(2)9(14)11-3/h5-8,13H,4H2,1-3H3,(H,11,14). The Balaban J connectivity index is 2.58. The number of nitrogens with one attached hydrogen (secondary N) is 2. The van der Waals surface area contributed by atoms with E-state index in [0.717, 1.165) is 11.4 Å². The lowest BCUT2D eigenvalue weighted by Gasteiger charge is -2.19. The summed E-state index contributed by atoms with van der Waals surface area (Å²) in [5.41, 5.74) is 0. The third kappa shape index (κ3) is 3.28. The number of hydrogen-bond donors (Lipinski definition) is 2. The maximum Gasteiger partial charge on any atom is 0.236 e. The van der Waals surface area contributed by atoms with Crippen LogP contribution < -0.4 is 10.6 Å². The maximum absolute atomic E-state index is 11.3. The minimum atomic E-state index is -0.191. The van der Waals surface area contributed by atoms with Crippen LogP contribution in [-0.2, 0) is 4.79 Å². The van der Waals surface area contributed by atoms with E-state index in [1.165, 1.54) is 0 Å². The zero-order chi connectivity index (χ0) is 11.3. The van der Waals surface area contributed by atoms with Crippen molar-refractivity contribution in [3.63, 3.8) is 0 Å².